The van der Waals surface area contributed by atoms with Crippen LogP contribution < -0.4 is 9.80 Å². The van der Waals surface area contributed by atoms with Crippen LogP contribution in [0.5, 0.6) is 0 Å². The fraction of sp³-hybridized carbons (Fsp3) is 0.750. The summed E-state index contributed by atoms with van der Waals surface area (Å²) in [5.74, 6) is 2.58. The van der Waals surface area contributed by atoms with Gasteiger partial charge >= 0.3 is 0 Å². The Morgan fingerprint density at radius 3 is 2.21 bits per heavy atom. The first-order chi connectivity index (χ1) is 14.3. The molecule has 3 saturated heterocycles. The van der Waals surface area contributed by atoms with E-state index < -0.39 is 0 Å². The molecule has 5 rings (SSSR count). The Morgan fingerprint density at radius 1 is 0.828 bits per heavy atom. The van der Waals surface area contributed by atoms with E-state index in [2.05, 4.69) is 20.1 Å². The third-order valence-electron chi connectivity index (χ3n) is 6.45. The standard InChI is InChI=1S/C20H29N7O2/c28-16-8-6-11-26(16)13-15-7-5-12-27(14-15)20-19(25-9-3-1-2-4-10-25)21-17-18(22-20)24-29-23-17/h15H,1-14H2/t15-/m0/s1. The predicted octanol–water partition coefficient (Wildman–Crippen LogP) is 2.23. The molecule has 0 unspecified atom stereocenters. The third kappa shape index (κ3) is 3.86. The summed E-state index contributed by atoms with van der Waals surface area (Å²) in [5.41, 5.74) is 0.944. The van der Waals surface area contributed by atoms with Crippen molar-refractivity contribution in [1.29, 1.82) is 0 Å². The zero-order chi connectivity index (χ0) is 19.6. The molecule has 0 bridgehead atoms. The van der Waals surface area contributed by atoms with E-state index in [1.54, 1.807) is 0 Å². The van der Waals surface area contributed by atoms with Crippen LogP contribution in [0.1, 0.15) is 51.4 Å². The number of aromatic nitrogens is 4. The monoisotopic (exact) mass is 399 g/mol. The van der Waals surface area contributed by atoms with Crippen molar-refractivity contribution in [3.63, 3.8) is 0 Å². The minimum absolute atomic E-state index is 0.308. The Morgan fingerprint density at radius 2 is 1.52 bits per heavy atom. The van der Waals surface area contributed by atoms with E-state index >= 15 is 0 Å². The molecule has 156 valence electrons. The second-order valence-corrected chi connectivity index (χ2v) is 8.58. The highest BCUT2D eigenvalue weighted by Crippen LogP contribution is 2.32. The van der Waals surface area contributed by atoms with E-state index in [0.717, 1.165) is 70.2 Å². The number of carbonyl (C=O) groups is 1. The summed E-state index contributed by atoms with van der Waals surface area (Å²) < 4.78 is 4.89. The Bertz CT molecular complexity index is 862. The lowest BCUT2D eigenvalue weighted by Crippen LogP contribution is -2.42. The normalized spacial score (nSPS) is 23.8. The number of likely N-dealkylation sites (tertiary alicyclic amines) is 1. The van der Waals surface area contributed by atoms with E-state index in [4.69, 9.17) is 14.6 Å². The average molecular weight is 399 g/mol. The van der Waals surface area contributed by atoms with Crippen molar-refractivity contribution in [1.82, 2.24) is 25.2 Å². The SMILES string of the molecule is O=C1CCCN1C[C@@H]1CCCN(c2nc3nonc3nc2N2CCCCCC2)C1. The van der Waals surface area contributed by atoms with Gasteiger partial charge < -0.3 is 14.7 Å². The number of piperidine rings is 1. The average Bonchev–Trinajstić information content (AvgIpc) is 3.27. The van der Waals surface area contributed by atoms with E-state index in [1.165, 1.54) is 25.7 Å². The lowest BCUT2D eigenvalue weighted by Gasteiger charge is -2.37. The maximum atomic E-state index is 12.1. The number of fused-ring (bicyclic) bond motifs is 1. The van der Waals surface area contributed by atoms with Crippen LogP contribution in [0.3, 0.4) is 0 Å². The molecule has 2 aromatic rings. The van der Waals surface area contributed by atoms with Crippen LogP contribution in [0.25, 0.3) is 11.3 Å². The molecule has 3 aliphatic heterocycles. The molecule has 0 N–H and O–H groups in total. The second-order valence-electron chi connectivity index (χ2n) is 8.58. The van der Waals surface area contributed by atoms with Crippen LogP contribution in [0.15, 0.2) is 4.63 Å². The highest BCUT2D eigenvalue weighted by atomic mass is 16.6. The van der Waals surface area contributed by atoms with Gasteiger partial charge in [0.05, 0.1) is 0 Å². The van der Waals surface area contributed by atoms with Gasteiger partial charge in [-0.25, -0.2) is 14.6 Å². The van der Waals surface area contributed by atoms with Crippen LogP contribution >= 0.6 is 0 Å². The van der Waals surface area contributed by atoms with E-state index in [0.29, 0.717) is 29.5 Å². The van der Waals surface area contributed by atoms with Crippen LogP contribution in [0, 0.1) is 5.92 Å². The summed E-state index contributed by atoms with van der Waals surface area (Å²) in [6.07, 6.45) is 8.84. The lowest BCUT2D eigenvalue weighted by molar-refractivity contribution is -0.128. The molecule has 3 fully saturated rings. The quantitative estimate of drug-likeness (QED) is 0.773. The summed E-state index contributed by atoms with van der Waals surface area (Å²) in [5, 5.41) is 7.86. The molecule has 0 aliphatic carbocycles. The smallest absolute Gasteiger partial charge is 0.245 e. The van der Waals surface area contributed by atoms with E-state index in [1.807, 2.05) is 4.90 Å². The maximum absolute atomic E-state index is 12.1. The van der Waals surface area contributed by atoms with Crippen molar-refractivity contribution in [2.45, 2.75) is 51.4 Å². The molecule has 9 heteroatoms. The zero-order valence-electron chi connectivity index (χ0n) is 16.9. The lowest BCUT2D eigenvalue weighted by atomic mass is 9.97. The van der Waals surface area contributed by atoms with Crippen LogP contribution in [0.4, 0.5) is 11.6 Å². The predicted molar refractivity (Wildman–Crippen MR) is 109 cm³/mol. The van der Waals surface area contributed by atoms with Gasteiger partial charge in [-0.2, -0.15) is 0 Å². The molecule has 9 nitrogen and oxygen atoms in total. The van der Waals surface area contributed by atoms with E-state index in [-0.39, 0.29) is 0 Å². The molecule has 29 heavy (non-hydrogen) atoms. The molecule has 0 saturated carbocycles. The van der Waals surface area contributed by atoms with Crippen LogP contribution in [-0.2, 0) is 4.79 Å². The van der Waals surface area contributed by atoms with Crippen LogP contribution in [0.2, 0.25) is 0 Å². The minimum Gasteiger partial charge on any atom is -0.353 e. The van der Waals surface area contributed by atoms with Gasteiger partial charge in [0, 0.05) is 45.7 Å². The number of anilines is 2. The van der Waals surface area contributed by atoms with Gasteiger partial charge in [-0.05, 0) is 48.3 Å². The van der Waals surface area contributed by atoms with E-state index in [9.17, 15) is 4.79 Å². The summed E-state index contributed by atoms with van der Waals surface area (Å²) >= 11 is 0. The first-order valence-corrected chi connectivity index (χ1v) is 11.1. The van der Waals surface area contributed by atoms with Crippen LogP contribution in [-0.4, -0.2) is 70.4 Å². The zero-order valence-corrected chi connectivity index (χ0v) is 16.9. The minimum atomic E-state index is 0.308. The van der Waals surface area contributed by atoms with Gasteiger partial charge in [0.2, 0.25) is 17.2 Å². The summed E-state index contributed by atoms with van der Waals surface area (Å²) in [6, 6.07) is 0. The highest BCUT2D eigenvalue weighted by Gasteiger charge is 2.30. The van der Waals surface area contributed by atoms with Gasteiger partial charge in [0.1, 0.15) is 0 Å². The first kappa shape index (κ1) is 18.6. The molecule has 0 aromatic carbocycles. The maximum Gasteiger partial charge on any atom is 0.245 e. The number of amides is 1. The highest BCUT2D eigenvalue weighted by molar-refractivity contribution is 5.78. The van der Waals surface area contributed by atoms with Crippen molar-refractivity contribution < 1.29 is 9.42 Å². The van der Waals surface area contributed by atoms with Gasteiger partial charge in [-0.15, -0.1) is 0 Å². The van der Waals surface area contributed by atoms with Crippen molar-refractivity contribution >= 4 is 28.8 Å². The molecular formula is C20H29N7O2. The number of hydrogen-bond donors (Lipinski definition) is 0. The summed E-state index contributed by atoms with van der Waals surface area (Å²) in [4.78, 5) is 28.4. The molecular weight excluding hydrogens is 370 g/mol. The number of nitrogens with zero attached hydrogens (tertiary/aromatic N) is 7. The van der Waals surface area contributed by atoms with Crippen molar-refractivity contribution in [3.8, 4) is 0 Å². The van der Waals surface area contributed by atoms with Gasteiger partial charge in [0.15, 0.2) is 11.6 Å². The number of rotatable bonds is 4. The Kier molecular flexibility index (Phi) is 5.20. The number of hydrogen-bond acceptors (Lipinski definition) is 8. The van der Waals surface area contributed by atoms with Crippen molar-refractivity contribution in [3.05, 3.63) is 0 Å². The molecule has 2 aromatic heterocycles. The number of carbonyl (C=O) groups excluding carboxylic acids is 1. The Hall–Kier alpha value is -2.45. The molecule has 0 spiro atoms. The van der Waals surface area contributed by atoms with Crippen molar-refractivity contribution in [2.75, 3.05) is 49.1 Å². The second kappa shape index (κ2) is 8.12. The summed E-state index contributed by atoms with van der Waals surface area (Å²) in [6.45, 7) is 5.61. The van der Waals surface area contributed by atoms with Gasteiger partial charge in [0.25, 0.3) is 0 Å². The molecule has 1 atom stereocenters. The van der Waals surface area contributed by atoms with Gasteiger partial charge in [-0.1, -0.05) is 12.8 Å². The van der Waals surface area contributed by atoms with Crippen molar-refractivity contribution in [2.24, 2.45) is 5.92 Å². The third-order valence-corrected chi connectivity index (χ3v) is 6.45. The Balaban J connectivity index is 1.41. The summed E-state index contributed by atoms with van der Waals surface area (Å²) in [7, 11) is 0. The first-order valence-electron chi connectivity index (χ1n) is 11.1. The molecule has 3 aliphatic rings. The molecule has 0 radical (unpaired) electrons. The fourth-order valence-electron chi connectivity index (χ4n) is 4.94. The molecule has 1 amide bonds. The largest absolute Gasteiger partial charge is 0.353 e. The Labute approximate surface area is 170 Å². The molecule has 5 heterocycles. The fourth-order valence-corrected chi connectivity index (χ4v) is 4.94. The topological polar surface area (TPSA) is 91.5 Å². The van der Waals surface area contributed by atoms with Gasteiger partial charge in [-0.3, -0.25) is 4.79 Å².